The number of fused-ring (bicyclic) bond motifs is 1. The Morgan fingerprint density at radius 3 is 3.04 bits per heavy atom. The normalized spacial score (nSPS) is 12.3. The average molecular weight is 371 g/mol. The van der Waals surface area contributed by atoms with Gasteiger partial charge in [-0.25, -0.2) is 9.97 Å². The van der Waals surface area contributed by atoms with Crippen molar-refractivity contribution in [2.24, 2.45) is 0 Å². The number of rotatable bonds is 6. The largest absolute Gasteiger partial charge is 0.454 e. The second-order valence-corrected chi connectivity index (χ2v) is 6.57. The number of amides is 1. The first-order chi connectivity index (χ1) is 12.7. The number of aromatic nitrogens is 2. The third kappa shape index (κ3) is 3.55. The molecule has 0 saturated carbocycles. The average Bonchev–Trinajstić information content (AvgIpc) is 3.36. The fraction of sp³-hybridized carbons (Fsp3) is 0.278. The molecule has 3 aromatic rings. The summed E-state index contributed by atoms with van der Waals surface area (Å²) < 4.78 is 16.4. The summed E-state index contributed by atoms with van der Waals surface area (Å²) in [5.74, 6) is 2.38. The van der Waals surface area contributed by atoms with Gasteiger partial charge in [0, 0.05) is 23.9 Å². The van der Waals surface area contributed by atoms with Crippen LogP contribution in [0, 0.1) is 6.92 Å². The molecule has 0 fully saturated rings. The van der Waals surface area contributed by atoms with Gasteiger partial charge in [0.2, 0.25) is 18.6 Å². The maximum absolute atomic E-state index is 12.1. The van der Waals surface area contributed by atoms with Crippen molar-refractivity contribution in [3.05, 3.63) is 46.2 Å². The van der Waals surface area contributed by atoms with Crippen LogP contribution in [0.15, 0.2) is 33.5 Å². The lowest BCUT2D eigenvalue weighted by Crippen LogP contribution is -2.27. The lowest BCUT2D eigenvalue weighted by molar-refractivity contribution is -0.120. The van der Waals surface area contributed by atoms with Crippen LogP contribution in [0.5, 0.6) is 11.5 Å². The zero-order chi connectivity index (χ0) is 17.9. The lowest BCUT2D eigenvalue weighted by atomic mass is 10.2. The van der Waals surface area contributed by atoms with E-state index in [1.807, 2.05) is 23.6 Å². The Bertz CT molecular complexity index is 921. The van der Waals surface area contributed by atoms with Gasteiger partial charge in [0.25, 0.3) is 0 Å². The molecular weight excluding hydrogens is 354 g/mol. The highest BCUT2D eigenvalue weighted by atomic mass is 32.1. The molecule has 0 aliphatic carbocycles. The van der Waals surface area contributed by atoms with Gasteiger partial charge < -0.3 is 19.2 Å². The van der Waals surface area contributed by atoms with Crippen LogP contribution < -0.4 is 14.8 Å². The van der Waals surface area contributed by atoms with E-state index in [-0.39, 0.29) is 19.1 Å². The third-order valence-electron chi connectivity index (χ3n) is 4.03. The molecule has 0 saturated heterocycles. The molecule has 3 heterocycles. The molecule has 7 nitrogen and oxygen atoms in total. The maximum atomic E-state index is 12.1. The number of oxazole rings is 1. The molecular formula is C18H17N3O4S. The van der Waals surface area contributed by atoms with Gasteiger partial charge in [-0.1, -0.05) is 0 Å². The summed E-state index contributed by atoms with van der Waals surface area (Å²) in [6.07, 6.45) is 0.895. The van der Waals surface area contributed by atoms with Gasteiger partial charge in [-0.3, -0.25) is 4.79 Å². The lowest BCUT2D eigenvalue weighted by Gasteiger charge is -2.02. The highest BCUT2D eigenvalue weighted by Crippen LogP contribution is 2.36. The van der Waals surface area contributed by atoms with E-state index in [9.17, 15) is 4.79 Å². The fourth-order valence-corrected chi connectivity index (χ4v) is 3.24. The number of thiazole rings is 1. The summed E-state index contributed by atoms with van der Waals surface area (Å²) in [4.78, 5) is 20.8. The second kappa shape index (κ2) is 7.17. The zero-order valence-corrected chi connectivity index (χ0v) is 15.0. The Morgan fingerprint density at radius 1 is 1.31 bits per heavy atom. The summed E-state index contributed by atoms with van der Waals surface area (Å²) in [6.45, 7) is 2.57. The monoisotopic (exact) mass is 371 g/mol. The van der Waals surface area contributed by atoms with Crippen molar-refractivity contribution < 1.29 is 18.7 Å². The molecule has 1 aliphatic heterocycles. The molecule has 4 rings (SSSR count). The van der Waals surface area contributed by atoms with Crippen molar-refractivity contribution in [3.8, 4) is 23.0 Å². The topological polar surface area (TPSA) is 86.5 Å². The molecule has 0 spiro atoms. The van der Waals surface area contributed by atoms with Gasteiger partial charge in [0.1, 0.15) is 5.76 Å². The van der Waals surface area contributed by atoms with Crippen molar-refractivity contribution in [1.82, 2.24) is 15.3 Å². The number of nitrogens with one attached hydrogen (secondary N) is 1. The van der Waals surface area contributed by atoms with Crippen LogP contribution in [0.2, 0.25) is 0 Å². The highest BCUT2D eigenvalue weighted by molar-refractivity contribution is 7.07. The smallest absolute Gasteiger partial charge is 0.231 e. The molecule has 2 aromatic heterocycles. The van der Waals surface area contributed by atoms with Crippen molar-refractivity contribution >= 4 is 17.2 Å². The number of hydrogen-bond donors (Lipinski definition) is 1. The van der Waals surface area contributed by atoms with Crippen molar-refractivity contribution in [2.75, 3.05) is 13.3 Å². The Balaban J connectivity index is 1.39. The molecule has 1 N–H and O–H groups in total. The molecule has 26 heavy (non-hydrogen) atoms. The number of hydrogen-bond acceptors (Lipinski definition) is 7. The number of ether oxygens (including phenoxy) is 2. The van der Waals surface area contributed by atoms with E-state index in [2.05, 4.69) is 15.3 Å². The van der Waals surface area contributed by atoms with Crippen molar-refractivity contribution in [1.29, 1.82) is 0 Å². The number of benzene rings is 1. The fourth-order valence-electron chi connectivity index (χ4n) is 2.65. The molecule has 0 unspecified atom stereocenters. The molecule has 0 radical (unpaired) electrons. The van der Waals surface area contributed by atoms with Crippen LogP contribution in [0.1, 0.15) is 17.1 Å². The van der Waals surface area contributed by atoms with Crippen LogP contribution in [0.4, 0.5) is 0 Å². The van der Waals surface area contributed by atoms with Gasteiger partial charge >= 0.3 is 0 Å². The quantitative estimate of drug-likeness (QED) is 0.717. The Hall–Kier alpha value is -2.87. The summed E-state index contributed by atoms with van der Waals surface area (Å²) in [6, 6.07) is 5.50. The van der Waals surface area contributed by atoms with Crippen LogP contribution in [0.3, 0.4) is 0 Å². The minimum Gasteiger partial charge on any atom is -0.454 e. The van der Waals surface area contributed by atoms with E-state index in [4.69, 9.17) is 13.9 Å². The first-order valence-electron chi connectivity index (χ1n) is 8.19. The summed E-state index contributed by atoms with van der Waals surface area (Å²) in [7, 11) is 0. The van der Waals surface area contributed by atoms with E-state index >= 15 is 0 Å². The minimum absolute atomic E-state index is 0.0890. The number of carbonyl (C=O) groups excluding carboxylic acids is 1. The first-order valence-corrected chi connectivity index (χ1v) is 9.13. The van der Waals surface area contributed by atoms with E-state index in [0.717, 1.165) is 17.7 Å². The molecule has 8 heteroatoms. The predicted molar refractivity (Wildman–Crippen MR) is 95.3 cm³/mol. The summed E-state index contributed by atoms with van der Waals surface area (Å²) in [5, 5.41) is 4.86. The Labute approximate surface area is 154 Å². The predicted octanol–water partition coefficient (Wildman–Crippen LogP) is 2.74. The van der Waals surface area contributed by atoms with Crippen molar-refractivity contribution in [2.45, 2.75) is 19.8 Å². The van der Waals surface area contributed by atoms with Gasteiger partial charge in [0.15, 0.2) is 11.5 Å². The molecule has 134 valence electrons. The first kappa shape index (κ1) is 16.6. The van der Waals surface area contributed by atoms with Crippen molar-refractivity contribution in [3.63, 3.8) is 0 Å². The van der Waals surface area contributed by atoms with Gasteiger partial charge in [-0.2, -0.15) is 0 Å². The minimum atomic E-state index is -0.0890. The number of aryl methyl sites for hydroxylation is 1. The zero-order valence-electron chi connectivity index (χ0n) is 14.2. The summed E-state index contributed by atoms with van der Waals surface area (Å²) in [5.41, 5.74) is 4.18. The van der Waals surface area contributed by atoms with Gasteiger partial charge in [-0.15, -0.1) is 11.3 Å². The van der Waals surface area contributed by atoms with Gasteiger partial charge in [0.05, 0.1) is 23.3 Å². The van der Waals surface area contributed by atoms with E-state index < -0.39 is 0 Å². The SMILES string of the molecule is Cc1oc(-c2ccc3c(c2)OCO3)nc1CC(=O)NCCc1cscn1. The van der Waals surface area contributed by atoms with Crippen LogP contribution in [-0.2, 0) is 17.6 Å². The van der Waals surface area contributed by atoms with E-state index in [0.29, 0.717) is 35.4 Å². The Morgan fingerprint density at radius 2 is 2.19 bits per heavy atom. The van der Waals surface area contributed by atoms with Crippen LogP contribution in [-0.4, -0.2) is 29.2 Å². The Kier molecular flexibility index (Phi) is 4.57. The highest BCUT2D eigenvalue weighted by Gasteiger charge is 2.18. The third-order valence-corrected chi connectivity index (χ3v) is 4.66. The summed E-state index contributed by atoms with van der Waals surface area (Å²) >= 11 is 1.55. The molecule has 0 atom stereocenters. The maximum Gasteiger partial charge on any atom is 0.231 e. The van der Waals surface area contributed by atoms with Gasteiger partial charge in [-0.05, 0) is 25.1 Å². The molecule has 1 aromatic carbocycles. The standard InChI is InChI=1S/C18H17N3O4S/c1-11-14(7-17(22)19-5-4-13-8-26-9-20-13)21-18(25-11)12-2-3-15-16(6-12)24-10-23-15/h2-3,6,8-9H,4-5,7,10H2,1H3,(H,19,22). The van der Waals surface area contributed by atoms with Crippen LogP contribution in [0.25, 0.3) is 11.5 Å². The van der Waals surface area contributed by atoms with E-state index in [1.54, 1.807) is 23.8 Å². The molecule has 1 amide bonds. The molecule has 1 aliphatic rings. The second-order valence-electron chi connectivity index (χ2n) is 5.85. The van der Waals surface area contributed by atoms with E-state index in [1.165, 1.54) is 0 Å². The molecule has 0 bridgehead atoms. The number of carbonyl (C=O) groups is 1. The number of nitrogens with zero attached hydrogens (tertiary/aromatic N) is 2. The van der Waals surface area contributed by atoms with Crippen LogP contribution >= 0.6 is 11.3 Å².